The van der Waals surface area contributed by atoms with Crippen LogP contribution in [0.3, 0.4) is 0 Å². The monoisotopic (exact) mass is 324 g/mol. The molecule has 1 aliphatic carbocycles. The van der Waals surface area contributed by atoms with Crippen molar-refractivity contribution in [1.82, 2.24) is 9.78 Å². The van der Waals surface area contributed by atoms with E-state index in [1.54, 1.807) is 11.3 Å². The maximum Gasteiger partial charge on any atom is 0.153 e. The van der Waals surface area contributed by atoms with Crippen molar-refractivity contribution in [1.29, 1.82) is 0 Å². The zero-order chi connectivity index (χ0) is 12.5. The van der Waals surface area contributed by atoms with Gasteiger partial charge >= 0.3 is 0 Å². The van der Waals surface area contributed by atoms with Gasteiger partial charge in [0, 0.05) is 27.0 Å². The Morgan fingerprint density at radius 2 is 2.17 bits per heavy atom. The minimum Gasteiger partial charge on any atom is -0.298 e. The molecule has 0 saturated heterocycles. The maximum atomic E-state index is 11.2. The third-order valence-electron chi connectivity index (χ3n) is 3.46. The molecule has 3 rings (SSSR count). The van der Waals surface area contributed by atoms with Crippen molar-refractivity contribution < 1.29 is 4.79 Å². The summed E-state index contributed by atoms with van der Waals surface area (Å²) in [4.78, 5) is 11.2. The van der Waals surface area contributed by atoms with Crippen LogP contribution in [0.15, 0.2) is 21.4 Å². The molecule has 94 valence electrons. The number of rotatable bonds is 3. The van der Waals surface area contributed by atoms with Gasteiger partial charge in [0.05, 0.1) is 11.6 Å². The largest absolute Gasteiger partial charge is 0.298 e. The average molecular weight is 325 g/mol. The molecule has 2 aromatic rings. The van der Waals surface area contributed by atoms with Gasteiger partial charge in [0.1, 0.15) is 5.69 Å². The number of nitrogens with zero attached hydrogens (tertiary/aromatic N) is 2. The molecule has 0 N–H and O–H groups in total. The number of aromatic nitrogens is 2. The summed E-state index contributed by atoms with van der Waals surface area (Å²) in [5.74, 6) is 0. The predicted octanol–water partition coefficient (Wildman–Crippen LogP) is 4.30. The minimum atomic E-state index is 0.467. The second-order valence-electron chi connectivity index (χ2n) is 4.60. The van der Waals surface area contributed by atoms with Crippen LogP contribution in [0.1, 0.15) is 42.1 Å². The van der Waals surface area contributed by atoms with Gasteiger partial charge in [-0.2, -0.15) is 16.4 Å². The Morgan fingerprint density at radius 3 is 2.78 bits per heavy atom. The summed E-state index contributed by atoms with van der Waals surface area (Å²) >= 11 is 5.11. The van der Waals surface area contributed by atoms with Crippen LogP contribution in [-0.4, -0.2) is 16.1 Å². The lowest BCUT2D eigenvalue weighted by Gasteiger charge is -2.08. The van der Waals surface area contributed by atoms with Gasteiger partial charge in [-0.05, 0) is 28.8 Å². The zero-order valence-electron chi connectivity index (χ0n) is 9.80. The first-order chi connectivity index (χ1) is 8.79. The molecule has 0 unspecified atom stereocenters. The van der Waals surface area contributed by atoms with Crippen molar-refractivity contribution in [3.05, 3.63) is 27.0 Å². The van der Waals surface area contributed by atoms with E-state index in [4.69, 9.17) is 0 Å². The van der Waals surface area contributed by atoms with Gasteiger partial charge in [-0.1, -0.05) is 12.8 Å². The van der Waals surface area contributed by atoms with E-state index in [1.165, 1.54) is 25.7 Å². The number of carbonyl (C=O) groups excluding carboxylic acids is 1. The highest BCUT2D eigenvalue weighted by molar-refractivity contribution is 9.10. The fourth-order valence-corrected chi connectivity index (χ4v) is 3.97. The molecule has 1 fully saturated rings. The lowest BCUT2D eigenvalue weighted by atomic mass is 10.2. The number of hydrogen-bond donors (Lipinski definition) is 0. The molecule has 0 spiro atoms. The van der Waals surface area contributed by atoms with Crippen LogP contribution >= 0.6 is 27.3 Å². The first kappa shape index (κ1) is 12.1. The fourth-order valence-electron chi connectivity index (χ4n) is 2.51. The standard InChI is InChI=1S/C13H13BrN2OS/c14-12-8-18-7-11(12)13-9(6-17)5-16(15-13)10-3-1-2-4-10/h5-8,10H,1-4H2. The van der Waals surface area contributed by atoms with Crippen LogP contribution in [0.4, 0.5) is 0 Å². The molecule has 5 heteroatoms. The Hall–Kier alpha value is -0.940. The number of hydrogen-bond acceptors (Lipinski definition) is 3. The van der Waals surface area contributed by atoms with Crippen LogP contribution < -0.4 is 0 Å². The second-order valence-corrected chi connectivity index (χ2v) is 6.20. The molecule has 0 aliphatic heterocycles. The summed E-state index contributed by atoms with van der Waals surface area (Å²) in [6, 6.07) is 0.467. The molecule has 2 heterocycles. The number of halogens is 1. The quantitative estimate of drug-likeness (QED) is 0.789. The Bertz CT molecular complexity index is 569. The van der Waals surface area contributed by atoms with Crippen molar-refractivity contribution in [2.24, 2.45) is 0 Å². The van der Waals surface area contributed by atoms with E-state index in [1.807, 2.05) is 21.6 Å². The van der Waals surface area contributed by atoms with Crippen LogP contribution in [-0.2, 0) is 0 Å². The van der Waals surface area contributed by atoms with Gasteiger partial charge in [0.15, 0.2) is 6.29 Å². The Labute approximate surface area is 118 Å². The number of thiophene rings is 1. The summed E-state index contributed by atoms with van der Waals surface area (Å²) in [5.41, 5.74) is 2.49. The Balaban J connectivity index is 2.03. The SMILES string of the molecule is O=Cc1cn(C2CCCC2)nc1-c1cscc1Br. The van der Waals surface area contributed by atoms with Crippen molar-refractivity contribution in [2.75, 3.05) is 0 Å². The van der Waals surface area contributed by atoms with Crippen molar-refractivity contribution in [2.45, 2.75) is 31.7 Å². The first-order valence-electron chi connectivity index (χ1n) is 6.06. The van der Waals surface area contributed by atoms with Gasteiger partial charge in [0.25, 0.3) is 0 Å². The molecule has 0 amide bonds. The second kappa shape index (κ2) is 4.97. The third-order valence-corrected chi connectivity index (χ3v) is 5.16. The molecule has 0 radical (unpaired) electrons. The topological polar surface area (TPSA) is 34.9 Å². The van der Waals surface area contributed by atoms with Crippen molar-refractivity contribution in [3.8, 4) is 11.3 Å². The lowest BCUT2D eigenvalue weighted by Crippen LogP contribution is -2.04. The molecule has 1 aliphatic rings. The fraction of sp³-hybridized carbons (Fsp3) is 0.385. The van der Waals surface area contributed by atoms with E-state index in [9.17, 15) is 4.79 Å². The molecule has 0 bridgehead atoms. The van der Waals surface area contributed by atoms with E-state index >= 15 is 0 Å². The minimum absolute atomic E-state index is 0.467. The molecule has 18 heavy (non-hydrogen) atoms. The molecule has 3 nitrogen and oxygen atoms in total. The summed E-state index contributed by atoms with van der Waals surface area (Å²) in [5, 5.41) is 8.67. The molecule has 0 atom stereocenters. The van der Waals surface area contributed by atoms with Crippen LogP contribution in [0.25, 0.3) is 11.3 Å². The zero-order valence-corrected chi connectivity index (χ0v) is 12.2. The molecule has 1 saturated carbocycles. The molecular formula is C13H13BrN2OS. The Kier molecular flexibility index (Phi) is 3.35. The number of aldehydes is 1. The van der Waals surface area contributed by atoms with Gasteiger partial charge < -0.3 is 0 Å². The smallest absolute Gasteiger partial charge is 0.153 e. The lowest BCUT2D eigenvalue weighted by molar-refractivity contribution is 0.112. The summed E-state index contributed by atoms with van der Waals surface area (Å²) in [6.45, 7) is 0. The predicted molar refractivity (Wildman–Crippen MR) is 76.1 cm³/mol. The highest BCUT2D eigenvalue weighted by atomic mass is 79.9. The van der Waals surface area contributed by atoms with Crippen LogP contribution in [0.5, 0.6) is 0 Å². The van der Waals surface area contributed by atoms with E-state index in [0.29, 0.717) is 11.6 Å². The van der Waals surface area contributed by atoms with Gasteiger partial charge in [-0.15, -0.1) is 0 Å². The summed E-state index contributed by atoms with van der Waals surface area (Å²) in [7, 11) is 0. The van der Waals surface area contributed by atoms with E-state index in [0.717, 1.165) is 22.0 Å². The third kappa shape index (κ3) is 2.06. The maximum absolute atomic E-state index is 11.2. The van der Waals surface area contributed by atoms with E-state index in [-0.39, 0.29) is 0 Å². The van der Waals surface area contributed by atoms with Crippen molar-refractivity contribution in [3.63, 3.8) is 0 Å². The molecule has 0 aromatic carbocycles. The van der Waals surface area contributed by atoms with Crippen LogP contribution in [0.2, 0.25) is 0 Å². The molecule has 2 aromatic heterocycles. The van der Waals surface area contributed by atoms with Gasteiger partial charge in [-0.25, -0.2) is 0 Å². The Morgan fingerprint density at radius 1 is 1.39 bits per heavy atom. The van der Waals surface area contributed by atoms with E-state index < -0.39 is 0 Å². The van der Waals surface area contributed by atoms with Crippen molar-refractivity contribution >= 4 is 33.6 Å². The highest BCUT2D eigenvalue weighted by Gasteiger charge is 2.21. The van der Waals surface area contributed by atoms with E-state index in [2.05, 4.69) is 21.0 Å². The first-order valence-corrected chi connectivity index (χ1v) is 7.79. The summed E-state index contributed by atoms with van der Waals surface area (Å²) in [6.07, 6.45) is 7.66. The van der Waals surface area contributed by atoms with Gasteiger partial charge in [0.2, 0.25) is 0 Å². The number of carbonyl (C=O) groups is 1. The van der Waals surface area contributed by atoms with Crippen LogP contribution in [0, 0.1) is 0 Å². The normalized spacial score (nSPS) is 16.3. The van der Waals surface area contributed by atoms with Gasteiger partial charge in [-0.3, -0.25) is 9.48 Å². The average Bonchev–Trinajstić information content (AvgIpc) is 3.07. The molecular weight excluding hydrogens is 312 g/mol. The summed E-state index contributed by atoms with van der Waals surface area (Å²) < 4.78 is 2.99. The highest BCUT2D eigenvalue weighted by Crippen LogP contribution is 2.35.